The normalized spacial score (nSPS) is 10.2. The molecule has 0 saturated carbocycles. The number of carboxylic acid groups (broad SMARTS) is 1. The van der Waals surface area contributed by atoms with Crippen molar-refractivity contribution in [3.05, 3.63) is 39.4 Å². The molecular formula is C10H8ClN3O2S. The van der Waals surface area contributed by atoms with Crippen LogP contribution in [0.2, 0.25) is 5.02 Å². The topological polar surface area (TPSA) is 75.1 Å². The maximum absolute atomic E-state index is 10.8. The van der Waals surface area contributed by atoms with Gasteiger partial charge in [0.25, 0.3) is 0 Å². The number of hydrogen-bond donors (Lipinski definition) is 2. The Balaban J connectivity index is 2.11. The third kappa shape index (κ3) is 2.92. The Morgan fingerprint density at radius 3 is 3.00 bits per heavy atom. The molecule has 0 aliphatic rings. The van der Waals surface area contributed by atoms with Crippen molar-refractivity contribution in [2.45, 2.75) is 6.54 Å². The lowest BCUT2D eigenvalue weighted by Gasteiger charge is -2.05. The van der Waals surface area contributed by atoms with E-state index in [9.17, 15) is 4.79 Å². The first-order valence-electron chi connectivity index (χ1n) is 4.67. The number of anilines is 1. The number of carboxylic acids is 1. The summed E-state index contributed by atoms with van der Waals surface area (Å²) >= 11 is 7.21. The molecule has 88 valence electrons. The van der Waals surface area contributed by atoms with Crippen molar-refractivity contribution in [1.29, 1.82) is 0 Å². The van der Waals surface area contributed by atoms with E-state index in [1.165, 1.54) is 17.4 Å². The first kappa shape index (κ1) is 11.8. The maximum atomic E-state index is 10.8. The van der Waals surface area contributed by atoms with Crippen molar-refractivity contribution in [3.63, 3.8) is 0 Å². The van der Waals surface area contributed by atoms with Gasteiger partial charge in [0.1, 0.15) is 5.82 Å². The van der Waals surface area contributed by atoms with Crippen molar-refractivity contribution in [2.75, 3.05) is 5.32 Å². The highest BCUT2D eigenvalue weighted by Crippen LogP contribution is 2.17. The van der Waals surface area contributed by atoms with Crippen LogP contribution in [0.25, 0.3) is 0 Å². The molecule has 2 aromatic rings. The Morgan fingerprint density at radius 2 is 2.35 bits per heavy atom. The second-order valence-electron chi connectivity index (χ2n) is 3.17. The van der Waals surface area contributed by atoms with Gasteiger partial charge in [0.05, 0.1) is 22.8 Å². The molecule has 0 aliphatic heterocycles. The van der Waals surface area contributed by atoms with E-state index in [0.717, 1.165) is 5.69 Å². The number of pyridine rings is 1. The molecule has 2 N–H and O–H groups in total. The molecule has 0 saturated heterocycles. The smallest absolute Gasteiger partial charge is 0.356 e. The van der Waals surface area contributed by atoms with Gasteiger partial charge in [-0.2, -0.15) is 0 Å². The zero-order valence-corrected chi connectivity index (χ0v) is 10.1. The van der Waals surface area contributed by atoms with Crippen LogP contribution < -0.4 is 5.32 Å². The van der Waals surface area contributed by atoms with Crippen molar-refractivity contribution in [3.8, 4) is 0 Å². The van der Waals surface area contributed by atoms with E-state index in [4.69, 9.17) is 16.7 Å². The molecule has 7 heteroatoms. The fourth-order valence-electron chi connectivity index (χ4n) is 1.20. The number of aromatic carboxylic acids is 1. The van der Waals surface area contributed by atoms with E-state index in [2.05, 4.69) is 15.3 Å². The zero-order valence-electron chi connectivity index (χ0n) is 8.55. The fourth-order valence-corrected chi connectivity index (χ4v) is 1.94. The summed E-state index contributed by atoms with van der Waals surface area (Å²) in [6, 6.07) is 3.13. The molecule has 0 spiro atoms. The van der Waals surface area contributed by atoms with E-state index in [1.54, 1.807) is 11.6 Å². The Hall–Kier alpha value is -1.66. The second-order valence-corrected chi connectivity index (χ2v) is 4.29. The number of rotatable bonds is 4. The highest BCUT2D eigenvalue weighted by molar-refractivity contribution is 7.07. The zero-order chi connectivity index (χ0) is 12.3. The summed E-state index contributed by atoms with van der Waals surface area (Å²) in [5.41, 5.74) is 2.45. The molecule has 0 aromatic carbocycles. The van der Waals surface area contributed by atoms with Crippen molar-refractivity contribution >= 4 is 34.7 Å². The predicted molar refractivity (Wildman–Crippen MR) is 65.6 cm³/mol. The number of aromatic nitrogens is 2. The molecular weight excluding hydrogens is 262 g/mol. The fraction of sp³-hybridized carbons (Fsp3) is 0.100. The van der Waals surface area contributed by atoms with Crippen LogP contribution in [0.1, 0.15) is 16.2 Å². The molecule has 0 amide bonds. The van der Waals surface area contributed by atoms with Gasteiger partial charge in [-0.15, -0.1) is 11.3 Å². The molecule has 5 nitrogen and oxygen atoms in total. The number of hydrogen-bond acceptors (Lipinski definition) is 5. The summed E-state index contributed by atoms with van der Waals surface area (Å²) < 4.78 is 0. The van der Waals surface area contributed by atoms with Crippen molar-refractivity contribution < 1.29 is 9.90 Å². The number of halogens is 1. The molecule has 17 heavy (non-hydrogen) atoms. The Labute approximate surface area is 106 Å². The van der Waals surface area contributed by atoms with Crippen LogP contribution in [0.4, 0.5) is 5.82 Å². The van der Waals surface area contributed by atoms with Gasteiger partial charge in [0.15, 0.2) is 5.69 Å². The molecule has 0 radical (unpaired) electrons. The predicted octanol–water partition coefficient (Wildman–Crippen LogP) is 2.50. The monoisotopic (exact) mass is 269 g/mol. The molecule has 0 bridgehead atoms. The van der Waals surface area contributed by atoms with E-state index < -0.39 is 5.97 Å². The average molecular weight is 270 g/mol. The van der Waals surface area contributed by atoms with Crippen LogP contribution in [-0.4, -0.2) is 21.0 Å². The van der Waals surface area contributed by atoms with E-state index >= 15 is 0 Å². The van der Waals surface area contributed by atoms with Gasteiger partial charge < -0.3 is 10.4 Å². The van der Waals surface area contributed by atoms with E-state index in [0.29, 0.717) is 12.4 Å². The average Bonchev–Trinajstić information content (AvgIpc) is 2.80. The van der Waals surface area contributed by atoms with Gasteiger partial charge in [0, 0.05) is 5.38 Å². The lowest BCUT2D eigenvalue weighted by molar-refractivity contribution is 0.0691. The van der Waals surface area contributed by atoms with Gasteiger partial charge in [-0.1, -0.05) is 11.6 Å². The standard InChI is InChI=1S/C10H8ClN3O2S/c11-7-1-2-8(14-9(7)10(15)16)12-3-6-4-17-5-13-6/h1-2,4-5H,3H2,(H,12,14)(H,15,16). The van der Waals surface area contributed by atoms with Crippen LogP contribution in [0.15, 0.2) is 23.0 Å². The van der Waals surface area contributed by atoms with Crippen LogP contribution in [-0.2, 0) is 6.54 Å². The van der Waals surface area contributed by atoms with Gasteiger partial charge in [-0.25, -0.2) is 14.8 Å². The number of thiazole rings is 1. The van der Waals surface area contributed by atoms with Crippen LogP contribution in [0.3, 0.4) is 0 Å². The molecule has 0 unspecified atom stereocenters. The van der Waals surface area contributed by atoms with Crippen LogP contribution >= 0.6 is 22.9 Å². The summed E-state index contributed by atoms with van der Waals surface area (Å²) in [5.74, 6) is -0.688. The van der Waals surface area contributed by atoms with Crippen LogP contribution in [0, 0.1) is 0 Å². The highest BCUT2D eigenvalue weighted by Gasteiger charge is 2.11. The largest absolute Gasteiger partial charge is 0.476 e. The van der Waals surface area contributed by atoms with Gasteiger partial charge >= 0.3 is 5.97 Å². The number of nitrogens with zero attached hydrogens (tertiary/aromatic N) is 2. The van der Waals surface area contributed by atoms with Crippen LogP contribution in [0.5, 0.6) is 0 Å². The summed E-state index contributed by atoms with van der Waals surface area (Å²) in [5, 5.41) is 13.9. The Kier molecular flexibility index (Phi) is 3.55. The van der Waals surface area contributed by atoms with Gasteiger partial charge in [-0.3, -0.25) is 0 Å². The maximum Gasteiger partial charge on any atom is 0.356 e. The van der Waals surface area contributed by atoms with Gasteiger partial charge in [0.2, 0.25) is 0 Å². The van der Waals surface area contributed by atoms with Crippen molar-refractivity contribution in [1.82, 2.24) is 9.97 Å². The molecule has 0 fully saturated rings. The third-order valence-corrected chi connectivity index (χ3v) is 2.92. The first-order chi connectivity index (χ1) is 8.16. The summed E-state index contributed by atoms with van der Waals surface area (Å²) in [6.45, 7) is 0.497. The molecule has 2 rings (SSSR count). The first-order valence-corrected chi connectivity index (χ1v) is 5.99. The Bertz CT molecular complexity index is 530. The highest BCUT2D eigenvalue weighted by atomic mass is 35.5. The number of nitrogens with one attached hydrogen (secondary N) is 1. The lowest BCUT2D eigenvalue weighted by atomic mass is 10.3. The van der Waals surface area contributed by atoms with E-state index in [-0.39, 0.29) is 10.7 Å². The molecule has 0 atom stereocenters. The second kappa shape index (κ2) is 5.11. The quantitative estimate of drug-likeness (QED) is 0.892. The number of carbonyl (C=O) groups is 1. The SMILES string of the molecule is O=C(O)c1nc(NCc2cscn2)ccc1Cl. The molecule has 0 aliphatic carbocycles. The summed E-state index contributed by atoms with van der Waals surface area (Å²) in [6.07, 6.45) is 0. The Morgan fingerprint density at radius 1 is 1.53 bits per heavy atom. The minimum atomic E-state index is -1.15. The van der Waals surface area contributed by atoms with Crippen molar-refractivity contribution in [2.24, 2.45) is 0 Å². The molecule has 2 heterocycles. The van der Waals surface area contributed by atoms with Gasteiger partial charge in [-0.05, 0) is 12.1 Å². The minimum absolute atomic E-state index is 0.122. The molecule has 2 aromatic heterocycles. The summed E-state index contributed by atoms with van der Waals surface area (Å²) in [4.78, 5) is 18.8. The minimum Gasteiger partial charge on any atom is -0.476 e. The lowest BCUT2D eigenvalue weighted by Crippen LogP contribution is -2.06. The third-order valence-electron chi connectivity index (χ3n) is 1.98. The van der Waals surface area contributed by atoms with E-state index in [1.807, 2.05) is 5.38 Å². The summed E-state index contributed by atoms with van der Waals surface area (Å²) in [7, 11) is 0.